The third-order valence-corrected chi connectivity index (χ3v) is 10.6. The fourth-order valence-electron chi connectivity index (χ4n) is 6.92. The molecule has 1 fully saturated rings. The van der Waals surface area contributed by atoms with Crippen molar-refractivity contribution in [1.29, 1.82) is 0 Å². The summed E-state index contributed by atoms with van der Waals surface area (Å²) in [5.41, 5.74) is 0.153. The second-order valence-electron chi connectivity index (χ2n) is 15.9. The predicted octanol–water partition coefficient (Wildman–Crippen LogP) is -2.90. The van der Waals surface area contributed by atoms with E-state index >= 15 is 0 Å². The van der Waals surface area contributed by atoms with Crippen LogP contribution in [-0.2, 0) is 54.0 Å². The van der Waals surface area contributed by atoms with Crippen molar-refractivity contribution in [3.63, 3.8) is 0 Å². The smallest absolute Gasteiger partial charge is 0.471 e. The second-order valence-corrected chi connectivity index (χ2v) is 15.9. The van der Waals surface area contributed by atoms with Crippen LogP contribution in [0, 0.1) is 0 Å². The van der Waals surface area contributed by atoms with Crippen molar-refractivity contribution in [3.8, 4) is 11.4 Å². The number of carbonyl (C=O) groups is 4. The SMILES string of the molecule is O=C(Cc1ccc(-c2nn[nH]n2)cc1)NC[C@@H](O)[C@@H](O)[C@@H]1O[C@@](OCCCCCCNc2c(NCCOCCOCCOCCOCCNC(=O)C(F)(F)F)c(=O)c2=O)(C(=O)O)C[C@H](O)[C@H]1NC(=O)CO. The third kappa shape index (κ3) is 18.7. The molecule has 396 valence electrons. The zero-order valence-electron chi connectivity index (χ0n) is 38.4. The molecule has 1 aliphatic rings. The van der Waals surface area contributed by atoms with Crippen LogP contribution in [0.3, 0.4) is 0 Å². The van der Waals surface area contributed by atoms with Crippen LogP contribution in [0.15, 0.2) is 33.9 Å². The lowest BCUT2D eigenvalue weighted by molar-refractivity contribution is -0.310. The van der Waals surface area contributed by atoms with Gasteiger partial charge in [-0.1, -0.05) is 37.1 Å². The molecule has 1 saturated heterocycles. The van der Waals surface area contributed by atoms with E-state index < -0.39 is 96.5 Å². The lowest BCUT2D eigenvalue weighted by atomic mass is 9.88. The molecule has 1 aliphatic heterocycles. The molecule has 3 amide bonds. The number of carbonyl (C=O) groups excluding carboxylic acids is 3. The fraction of sp³-hybridized carbons (Fsp3) is 0.643. The summed E-state index contributed by atoms with van der Waals surface area (Å²) in [6.45, 7) is -0.186. The number of benzene rings is 1. The molecule has 1 aromatic heterocycles. The van der Waals surface area contributed by atoms with E-state index in [1.165, 1.54) is 0 Å². The van der Waals surface area contributed by atoms with Gasteiger partial charge in [0.1, 0.15) is 30.2 Å². The van der Waals surface area contributed by atoms with E-state index in [9.17, 15) is 67.5 Å². The minimum Gasteiger partial charge on any atom is -0.477 e. The number of carboxylic acid groups (broad SMARTS) is 1. The van der Waals surface area contributed by atoms with Gasteiger partial charge in [0.25, 0.3) is 16.6 Å². The fourth-order valence-corrected chi connectivity index (χ4v) is 6.92. The van der Waals surface area contributed by atoms with Gasteiger partial charge >= 0.3 is 18.1 Å². The number of unbranched alkanes of at least 4 members (excludes halogenated alkanes) is 3. The van der Waals surface area contributed by atoms with Crippen LogP contribution in [-0.4, -0.2) is 205 Å². The Kier molecular flexibility index (Phi) is 24.1. The highest BCUT2D eigenvalue weighted by Gasteiger charge is 2.56. The summed E-state index contributed by atoms with van der Waals surface area (Å²) in [6.07, 6.45) is -11.2. The quantitative estimate of drug-likeness (QED) is 0.0208. The lowest BCUT2D eigenvalue weighted by Gasteiger charge is -2.46. The summed E-state index contributed by atoms with van der Waals surface area (Å²) in [4.78, 5) is 72.5. The number of hydrogen-bond acceptors (Lipinski definition) is 21. The Hall–Kier alpha value is -5.76. The van der Waals surface area contributed by atoms with Crippen LogP contribution in [0.2, 0.25) is 0 Å². The number of anilines is 2. The largest absolute Gasteiger partial charge is 0.477 e. The summed E-state index contributed by atoms with van der Waals surface area (Å²) in [6, 6.07) is 5.15. The van der Waals surface area contributed by atoms with Crippen LogP contribution in [0.5, 0.6) is 0 Å². The number of aliphatic carboxylic acids is 1. The van der Waals surface area contributed by atoms with Gasteiger partial charge in [-0.2, -0.15) is 18.4 Å². The Morgan fingerprint density at radius 3 is 1.97 bits per heavy atom. The van der Waals surface area contributed by atoms with E-state index in [0.29, 0.717) is 49.2 Å². The molecular formula is C42H60F3N9O17. The van der Waals surface area contributed by atoms with Crippen LogP contribution in [0.4, 0.5) is 24.5 Å². The molecule has 3 aromatic rings. The Balaban J connectivity index is 1.10. The van der Waals surface area contributed by atoms with Crippen molar-refractivity contribution in [2.24, 2.45) is 0 Å². The van der Waals surface area contributed by atoms with E-state index in [0.717, 1.165) is 0 Å². The van der Waals surface area contributed by atoms with Gasteiger partial charge in [0.15, 0.2) is 0 Å². The highest BCUT2D eigenvalue weighted by Crippen LogP contribution is 2.34. The topological polar surface area (TPSA) is 374 Å². The maximum absolute atomic E-state index is 12.7. The van der Waals surface area contributed by atoms with Gasteiger partial charge in [-0.05, 0) is 23.6 Å². The van der Waals surface area contributed by atoms with Gasteiger partial charge in [0.05, 0.1) is 84.1 Å². The van der Waals surface area contributed by atoms with Crippen LogP contribution in [0.1, 0.15) is 37.7 Å². The van der Waals surface area contributed by atoms with Gasteiger partial charge in [-0.25, -0.2) is 4.79 Å². The van der Waals surface area contributed by atoms with E-state index in [1.807, 2.05) is 0 Å². The minimum absolute atomic E-state index is 0.106. The number of aliphatic hydroxyl groups is 4. The van der Waals surface area contributed by atoms with Gasteiger partial charge in [-0.15, -0.1) is 10.2 Å². The number of tetrazole rings is 1. The number of nitrogens with one attached hydrogen (secondary N) is 6. The standard InChI is InChI=1S/C42H60F3N9O17/c43-42(44,45)39(63)48-11-14-67-16-18-69-20-19-68-17-15-66-13-10-47-33-32(35(61)36(33)62)46-9-3-1-2-4-12-70-41(40(64)65)22-27(56)31(50-30(59)24-55)37(71-41)34(60)28(57)23-49-29(58)21-25-5-7-26(8-6-25)38-51-53-54-52-38/h5-8,27-28,31,34,37,46-47,55-57,60H,1-4,9-24H2,(H,48,63)(H,49,58)(H,50,59)(H,64,65)(H,51,52,53,54)/t27-,28+,31+,34+,37+,41+/m0/s1. The van der Waals surface area contributed by atoms with Crippen molar-refractivity contribution in [2.45, 2.75) is 80.9 Å². The number of aromatic amines is 1. The number of aromatic nitrogens is 4. The Morgan fingerprint density at radius 2 is 1.39 bits per heavy atom. The zero-order chi connectivity index (χ0) is 51.8. The van der Waals surface area contributed by atoms with E-state index in [-0.39, 0.29) is 90.3 Å². The first-order valence-corrected chi connectivity index (χ1v) is 22.5. The van der Waals surface area contributed by atoms with Crippen molar-refractivity contribution < 1.29 is 86.3 Å². The number of carboxylic acids is 1. The molecule has 2 aromatic carbocycles. The Bertz CT molecular complexity index is 2170. The first-order valence-electron chi connectivity index (χ1n) is 22.5. The van der Waals surface area contributed by atoms with E-state index in [2.05, 4.69) is 41.9 Å². The van der Waals surface area contributed by atoms with Gasteiger partial charge < -0.3 is 80.5 Å². The Morgan fingerprint density at radius 1 is 0.803 bits per heavy atom. The monoisotopic (exact) mass is 1020 g/mol. The molecule has 0 radical (unpaired) electrons. The molecule has 0 bridgehead atoms. The van der Waals surface area contributed by atoms with Crippen LogP contribution < -0.4 is 37.4 Å². The molecule has 0 spiro atoms. The predicted molar refractivity (Wildman–Crippen MR) is 238 cm³/mol. The van der Waals surface area contributed by atoms with Crippen LogP contribution in [0.25, 0.3) is 11.4 Å². The lowest BCUT2D eigenvalue weighted by Crippen LogP contribution is -2.68. The molecule has 4 rings (SSSR count). The van der Waals surface area contributed by atoms with Gasteiger partial charge in [0.2, 0.25) is 17.6 Å². The molecule has 26 nitrogen and oxygen atoms in total. The van der Waals surface area contributed by atoms with E-state index in [1.54, 1.807) is 29.6 Å². The number of halogens is 3. The first kappa shape index (κ1) is 57.8. The molecular weight excluding hydrogens is 960 g/mol. The molecule has 0 aliphatic carbocycles. The van der Waals surface area contributed by atoms with Crippen molar-refractivity contribution in [1.82, 2.24) is 36.6 Å². The number of ether oxygens (including phenoxy) is 6. The van der Waals surface area contributed by atoms with Crippen LogP contribution >= 0.6 is 0 Å². The second kappa shape index (κ2) is 29.6. The zero-order valence-corrected chi connectivity index (χ0v) is 38.4. The summed E-state index contributed by atoms with van der Waals surface area (Å²) >= 11 is 0. The molecule has 0 saturated carbocycles. The molecule has 6 atom stereocenters. The number of amides is 3. The maximum Gasteiger partial charge on any atom is 0.471 e. The van der Waals surface area contributed by atoms with Gasteiger partial charge in [-0.3, -0.25) is 24.0 Å². The average Bonchev–Trinajstić information content (AvgIpc) is 3.89. The molecule has 0 unspecified atom stereocenters. The van der Waals surface area contributed by atoms with Crippen molar-refractivity contribution >= 4 is 35.1 Å². The maximum atomic E-state index is 12.7. The van der Waals surface area contributed by atoms with E-state index in [4.69, 9.17) is 28.4 Å². The number of aliphatic hydroxyl groups excluding tert-OH is 4. The average molecular weight is 1020 g/mol. The molecule has 11 N–H and O–H groups in total. The number of rotatable bonds is 35. The molecule has 29 heteroatoms. The number of nitrogens with zero attached hydrogens (tertiary/aromatic N) is 3. The highest BCUT2D eigenvalue weighted by molar-refractivity contribution is 5.81. The summed E-state index contributed by atoms with van der Waals surface area (Å²) in [5, 5.41) is 78.6. The summed E-state index contributed by atoms with van der Waals surface area (Å²) in [5.74, 6) is -7.42. The normalized spacial score (nSPS) is 18.9. The molecule has 2 heterocycles. The first-order chi connectivity index (χ1) is 34.0. The summed E-state index contributed by atoms with van der Waals surface area (Å²) < 4.78 is 68.9. The highest BCUT2D eigenvalue weighted by atomic mass is 19.4. The van der Waals surface area contributed by atoms with Gasteiger partial charge in [0, 0.05) is 38.2 Å². The molecule has 71 heavy (non-hydrogen) atoms. The Labute approximate surface area is 402 Å². The van der Waals surface area contributed by atoms with Crippen molar-refractivity contribution in [3.05, 3.63) is 50.3 Å². The number of alkyl halides is 3. The minimum atomic E-state index is -4.95. The van der Waals surface area contributed by atoms with Crippen molar-refractivity contribution in [2.75, 3.05) is 103 Å². The number of H-pyrrole nitrogens is 1. The number of hydrogen-bond donors (Lipinski definition) is 11. The third-order valence-electron chi connectivity index (χ3n) is 10.6. The summed E-state index contributed by atoms with van der Waals surface area (Å²) in [7, 11) is 0.